The number of hydrogen-bond acceptors (Lipinski definition) is 3. The third-order valence-electron chi connectivity index (χ3n) is 7.26. The van der Waals surface area contributed by atoms with Crippen LogP contribution in [-0.2, 0) is 9.63 Å². The molecule has 2 saturated carbocycles. The molecule has 0 N–H and O–H groups in total. The molecule has 2 bridgehead atoms. The fourth-order valence-electron chi connectivity index (χ4n) is 4.97. The number of oxime groups is 1. The van der Waals surface area contributed by atoms with Gasteiger partial charge in [0, 0.05) is 5.41 Å². The van der Waals surface area contributed by atoms with Gasteiger partial charge in [-0.2, -0.15) is 0 Å². The second kappa shape index (κ2) is 6.63. The summed E-state index contributed by atoms with van der Waals surface area (Å²) in [5.41, 5.74) is 3.16. The molecule has 2 aliphatic rings. The normalized spacial score (nSPS) is 27.3. The predicted octanol–water partition coefficient (Wildman–Crippen LogP) is 5.56. The molecule has 0 amide bonds. The van der Waals surface area contributed by atoms with Gasteiger partial charge in [-0.1, -0.05) is 86.6 Å². The summed E-state index contributed by atoms with van der Waals surface area (Å²) in [5.74, 6) is -0.140. The first-order chi connectivity index (χ1) is 12.9. The molecule has 140 valence electrons. The molecule has 0 saturated heterocycles. The van der Waals surface area contributed by atoms with E-state index in [2.05, 4.69) is 25.9 Å². The SMILES string of the molecule is CC12CCC(CC1=NOC(=O)C(c1ccccc1)c1ccccc1)C2(C)C. The van der Waals surface area contributed by atoms with Crippen LogP contribution in [0.5, 0.6) is 0 Å². The Morgan fingerprint density at radius 3 is 2.00 bits per heavy atom. The van der Waals surface area contributed by atoms with E-state index in [4.69, 9.17) is 4.84 Å². The highest BCUT2D eigenvalue weighted by atomic mass is 16.7. The molecule has 2 atom stereocenters. The Kier molecular flexibility index (Phi) is 4.41. The van der Waals surface area contributed by atoms with Crippen LogP contribution in [0.15, 0.2) is 65.8 Å². The molecule has 2 fully saturated rings. The maximum absolute atomic E-state index is 13.0. The summed E-state index contributed by atoms with van der Waals surface area (Å²) in [6, 6.07) is 19.6. The van der Waals surface area contributed by atoms with E-state index in [-0.39, 0.29) is 16.8 Å². The van der Waals surface area contributed by atoms with E-state index in [0.717, 1.165) is 29.7 Å². The third kappa shape index (κ3) is 2.90. The van der Waals surface area contributed by atoms with Crippen LogP contribution in [0.2, 0.25) is 0 Å². The Morgan fingerprint density at radius 1 is 1.00 bits per heavy atom. The van der Waals surface area contributed by atoms with Gasteiger partial charge in [0.05, 0.1) is 5.71 Å². The molecule has 2 aromatic rings. The van der Waals surface area contributed by atoms with Crippen molar-refractivity contribution in [3.8, 4) is 0 Å². The lowest BCUT2D eigenvalue weighted by atomic mass is 9.70. The van der Waals surface area contributed by atoms with Crippen molar-refractivity contribution in [2.45, 2.75) is 46.0 Å². The van der Waals surface area contributed by atoms with Crippen molar-refractivity contribution in [3.63, 3.8) is 0 Å². The molecule has 3 heteroatoms. The Hall–Kier alpha value is -2.42. The van der Waals surface area contributed by atoms with Crippen LogP contribution in [0.3, 0.4) is 0 Å². The summed E-state index contributed by atoms with van der Waals surface area (Å²) in [7, 11) is 0. The lowest BCUT2D eigenvalue weighted by Crippen LogP contribution is -2.32. The summed E-state index contributed by atoms with van der Waals surface area (Å²) < 4.78 is 0. The van der Waals surface area contributed by atoms with Crippen molar-refractivity contribution >= 4 is 11.7 Å². The van der Waals surface area contributed by atoms with Crippen molar-refractivity contribution in [1.82, 2.24) is 0 Å². The average Bonchev–Trinajstić information content (AvgIpc) is 3.01. The van der Waals surface area contributed by atoms with Gasteiger partial charge in [-0.3, -0.25) is 0 Å². The van der Waals surface area contributed by atoms with E-state index in [9.17, 15) is 4.79 Å². The van der Waals surface area contributed by atoms with Crippen LogP contribution >= 0.6 is 0 Å². The molecule has 2 unspecified atom stereocenters. The van der Waals surface area contributed by atoms with Crippen molar-refractivity contribution in [1.29, 1.82) is 0 Å². The van der Waals surface area contributed by atoms with Gasteiger partial charge in [0.15, 0.2) is 0 Å². The van der Waals surface area contributed by atoms with Crippen molar-refractivity contribution in [2.24, 2.45) is 21.9 Å². The van der Waals surface area contributed by atoms with Gasteiger partial charge in [-0.15, -0.1) is 0 Å². The quantitative estimate of drug-likeness (QED) is 0.528. The zero-order valence-electron chi connectivity index (χ0n) is 16.3. The number of carbonyl (C=O) groups is 1. The van der Waals surface area contributed by atoms with Gasteiger partial charge in [0.1, 0.15) is 5.92 Å². The molecular formula is C24H27NO2. The van der Waals surface area contributed by atoms with E-state index >= 15 is 0 Å². The first-order valence-corrected chi connectivity index (χ1v) is 9.81. The van der Waals surface area contributed by atoms with Gasteiger partial charge in [0.2, 0.25) is 0 Å². The molecule has 2 aromatic carbocycles. The maximum atomic E-state index is 13.0. The second-order valence-corrected chi connectivity index (χ2v) is 8.70. The Morgan fingerprint density at radius 2 is 1.56 bits per heavy atom. The first-order valence-electron chi connectivity index (χ1n) is 9.81. The van der Waals surface area contributed by atoms with Gasteiger partial charge in [-0.25, -0.2) is 4.79 Å². The van der Waals surface area contributed by atoms with Gasteiger partial charge in [-0.05, 0) is 41.7 Å². The van der Waals surface area contributed by atoms with Gasteiger partial charge < -0.3 is 4.84 Å². The first kappa shape index (κ1) is 18.0. The largest absolute Gasteiger partial charge is 0.346 e. The number of fused-ring (bicyclic) bond motifs is 2. The maximum Gasteiger partial charge on any atom is 0.346 e. The van der Waals surface area contributed by atoms with E-state index in [1.165, 1.54) is 6.42 Å². The van der Waals surface area contributed by atoms with Crippen LogP contribution in [0, 0.1) is 16.7 Å². The minimum Gasteiger partial charge on any atom is -0.317 e. The van der Waals surface area contributed by atoms with Crippen molar-refractivity contribution in [3.05, 3.63) is 71.8 Å². The zero-order valence-corrected chi connectivity index (χ0v) is 16.3. The number of hydrogen-bond donors (Lipinski definition) is 0. The summed E-state index contributed by atoms with van der Waals surface area (Å²) in [4.78, 5) is 18.6. The topological polar surface area (TPSA) is 38.7 Å². The van der Waals surface area contributed by atoms with E-state index in [0.29, 0.717) is 5.92 Å². The highest BCUT2D eigenvalue weighted by Gasteiger charge is 2.60. The molecule has 4 rings (SSSR count). The Labute approximate surface area is 161 Å². The minimum absolute atomic E-state index is 0.0347. The minimum atomic E-state index is -0.462. The summed E-state index contributed by atoms with van der Waals surface area (Å²) in [6.45, 7) is 6.93. The molecule has 0 aliphatic heterocycles. The Balaban J connectivity index is 1.61. The molecule has 0 spiro atoms. The highest BCUT2D eigenvalue weighted by Crippen LogP contribution is 2.64. The molecule has 2 aliphatic carbocycles. The summed E-state index contributed by atoms with van der Waals surface area (Å²) in [5, 5.41) is 4.41. The van der Waals surface area contributed by atoms with Gasteiger partial charge in [0.25, 0.3) is 0 Å². The lowest BCUT2D eigenvalue weighted by Gasteiger charge is -2.34. The fraction of sp³-hybridized carbons (Fsp3) is 0.417. The average molecular weight is 361 g/mol. The fourth-order valence-corrected chi connectivity index (χ4v) is 4.97. The number of benzene rings is 2. The molecule has 3 nitrogen and oxygen atoms in total. The second-order valence-electron chi connectivity index (χ2n) is 8.70. The number of carbonyl (C=O) groups excluding carboxylic acids is 1. The molecule has 0 heterocycles. The monoisotopic (exact) mass is 361 g/mol. The van der Waals surface area contributed by atoms with Crippen LogP contribution in [0.4, 0.5) is 0 Å². The molecule has 0 aromatic heterocycles. The lowest BCUT2D eigenvalue weighted by molar-refractivity contribution is -0.144. The van der Waals surface area contributed by atoms with E-state index in [1.807, 2.05) is 60.7 Å². The van der Waals surface area contributed by atoms with Crippen molar-refractivity contribution < 1.29 is 9.63 Å². The summed E-state index contributed by atoms with van der Waals surface area (Å²) in [6.07, 6.45) is 3.31. The molecule has 0 radical (unpaired) electrons. The van der Waals surface area contributed by atoms with Gasteiger partial charge >= 0.3 is 5.97 Å². The number of nitrogens with zero attached hydrogens (tertiary/aromatic N) is 1. The van der Waals surface area contributed by atoms with Crippen LogP contribution in [0.1, 0.15) is 57.1 Å². The zero-order chi connectivity index (χ0) is 19.1. The van der Waals surface area contributed by atoms with Crippen molar-refractivity contribution in [2.75, 3.05) is 0 Å². The standard InChI is InChI=1S/C24H27NO2/c1-23(2)19-14-15-24(23,3)20(16-19)25-27-22(26)21(17-10-6-4-7-11-17)18-12-8-5-9-13-18/h4-13,19,21H,14-16H2,1-3H3. The smallest absolute Gasteiger partial charge is 0.317 e. The molecular weight excluding hydrogens is 334 g/mol. The van der Waals surface area contributed by atoms with Crippen LogP contribution < -0.4 is 0 Å². The number of rotatable bonds is 4. The third-order valence-corrected chi connectivity index (χ3v) is 7.26. The van der Waals surface area contributed by atoms with Crippen LogP contribution in [0.25, 0.3) is 0 Å². The van der Waals surface area contributed by atoms with E-state index < -0.39 is 5.92 Å². The highest BCUT2D eigenvalue weighted by molar-refractivity contribution is 5.94. The molecule has 27 heavy (non-hydrogen) atoms. The predicted molar refractivity (Wildman–Crippen MR) is 107 cm³/mol. The van der Waals surface area contributed by atoms with Crippen LogP contribution in [-0.4, -0.2) is 11.7 Å². The Bertz CT molecular complexity index is 817. The van der Waals surface area contributed by atoms with E-state index in [1.54, 1.807) is 0 Å². The summed E-state index contributed by atoms with van der Waals surface area (Å²) >= 11 is 0.